The molecule has 0 heterocycles. The third kappa shape index (κ3) is 43.6. The SMILES string of the molecule is CC(C)(C)[N-]C(C)(C)C.CC(C)(C)[N-]C(C)(C)C.CC(C)(C)[N-]C(C)(C)C.C[Si](C)(C)[c-]1cccc1.[Hf+4]. The summed E-state index contributed by atoms with van der Waals surface area (Å²) in [6, 6.07) is 8.69. The Morgan fingerprint density at radius 2 is 0.568 bits per heavy atom. The molecule has 0 atom stereocenters. The van der Waals surface area contributed by atoms with Crippen LogP contribution in [0.4, 0.5) is 0 Å². The molecule has 0 aromatic heterocycles. The van der Waals surface area contributed by atoms with Crippen LogP contribution in [0.2, 0.25) is 19.6 Å². The Morgan fingerprint density at radius 3 is 0.622 bits per heavy atom. The van der Waals surface area contributed by atoms with Crippen molar-refractivity contribution in [3.05, 3.63) is 40.2 Å². The van der Waals surface area contributed by atoms with Gasteiger partial charge in [0.25, 0.3) is 0 Å². The molecule has 1 aromatic rings. The molecule has 0 bridgehead atoms. The Balaban J connectivity index is -0.000000194. The van der Waals surface area contributed by atoms with Crippen molar-refractivity contribution in [2.75, 3.05) is 0 Å². The van der Waals surface area contributed by atoms with Crippen LogP contribution in [0, 0.1) is 0 Å². The number of hydrogen-bond acceptors (Lipinski definition) is 0. The van der Waals surface area contributed by atoms with Crippen LogP contribution in [-0.2, 0) is 25.8 Å². The van der Waals surface area contributed by atoms with Crippen LogP contribution in [0.1, 0.15) is 125 Å². The zero-order chi connectivity index (χ0) is 30.0. The first kappa shape index (κ1) is 44.3. The Bertz CT molecular complexity index is 563. The van der Waals surface area contributed by atoms with E-state index in [1.165, 1.54) is 0 Å². The van der Waals surface area contributed by atoms with Crippen molar-refractivity contribution in [1.29, 1.82) is 0 Å². The molecule has 3 nitrogen and oxygen atoms in total. The molecular formula is C32H67HfN3Si. The van der Waals surface area contributed by atoms with Gasteiger partial charge in [0.1, 0.15) is 0 Å². The fourth-order valence-corrected chi connectivity index (χ4v) is 5.09. The van der Waals surface area contributed by atoms with Crippen molar-refractivity contribution in [2.45, 2.75) is 178 Å². The van der Waals surface area contributed by atoms with Crippen molar-refractivity contribution in [2.24, 2.45) is 0 Å². The largest absolute Gasteiger partial charge is 4.00 e. The molecule has 218 valence electrons. The third-order valence-electron chi connectivity index (χ3n) is 3.54. The van der Waals surface area contributed by atoms with E-state index < -0.39 is 8.07 Å². The molecule has 1 rings (SSSR count). The van der Waals surface area contributed by atoms with Gasteiger partial charge >= 0.3 is 25.8 Å². The normalized spacial score (nSPS) is 13.1. The molecule has 0 radical (unpaired) electrons. The first-order chi connectivity index (χ1) is 15.2. The van der Waals surface area contributed by atoms with Crippen LogP contribution < -0.4 is 5.19 Å². The molecule has 1 aromatic carbocycles. The molecule has 0 aliphatic heterocycles. The maximum atomic E-state index is 4.54. The summed E-state index contributed by atoms with van der Waals surface area (Å²) >= 11 is 0. The van der Waals surface area contributed by atoms with Crippen LogP contribution in [0.25, 0.3) is 16.0 Å². The van der Waals surface area contributed by atoms with Gasteiger partial charge in [0.2, 0.25) is 0 Å². The van der Waals surface area contributed by atoms with E-state index in [2.05, 4.69) is 184 Å². The smallest absolute Gasteiger partial charge is 0.653 e. The van der Waals surface area contributed by atoms with Crippen molar-refractivity contribution >= 4 is 13.3 Å². The number of hydrogen-bond donors (Lipinski definition) is 0. The predicted octanol–water partition coefficient (Wildman–Crippen LogP) is 10.8. The van der Waals surface area contributed by atoms with Gasteiger partial charge < -0.3 is 16.0 Å². The minimum absolute atomic E-state index is 0. The van der Waals surface area contributed by atoms with E-state index in [0.29, 0.717) is 0 Å². The summed E-state index contributed by atoms with van der Waals surface area (Å²) in [4.78, 5) is 0. The van der Waals surface area contributed by atoms with Gasteiger partial charge in [-0.1, -0.05) is 144 Å². The molecule has 0 aliphatic carbocycles. The molecule has 0 unspecified atom stereocenters. The summed E-state index contributed by atoms with van der Waals surface area (Å²) in [7, 11) is -0.981. The molecule has 0 spiro atoms. The standard InChI is InChI=1S/3C8H18N.C8H13Si.Hf/c3*1-7(2,3)9-8(4,5)6;1-9(2,3)8-6-4-5-7-8;/h3*1-6H3;4-7H,1-3H3;/q4*-1;+4. The Hall–Kier alpha value is 0.317. The third-order valence-corrected chi connectivity index (χ3v) is 5.61. The van der Waals surface area contributed by atoms with E-state index in [9.17, 15) is 0 Å². The number of rotatable bonds is 1. The zero-order valence-corrected chi connectivity index (χ0v) is 33.7. The zero-order valence-electron chi connectivity index (χ0n) is 29.2. The van der Waals surface area contributed by atoms with E-state index >= 15 is 0 Å². The fourth-order valence-electron chi connectivity index (χ4n) is 3.89. The molecular weight excluding hydrogens is 633 g/mol. The topological polar surface area (TPSA) is 42.3 Å². The summed E-state index contributed by atoms with van der Waals surface area (Å²) in [6.07, 6.45) is 0. The van der Waals surface area contributed by atoms with E-state index in [-0.39, 0.29) is 59.1 Å². The van der Waals surface area contributed by atoms with E-state index in [1.807, 2.05) is 0 Å². The molecule has 0 fully saturated rings. The summed E-state index contributed by atoms with van der Waals surface area (Å²) in [5, 5.41) is 15.2. The van der Waals surface area contributed by atoms with Crippen LogP contribution in [0.3, 0.4) is 0 Å². The fraction of sp³-hybridized carbons (Fsp3) is 0.844. The average Bonchev–Trinajstić information content (AvgIpc) is 2.89. The Labute approximate surface area is 255 Å². The molecule has 0 saturated heterocycles. The van der Waals surface area contributed by atoms with Gasteiger partial charge in [-0.15, -0.1) is 33.2 Å². The summed E-state index contributed by atoms with van der Waals surface area (Å²) in [6.45, 7) is 45.3. The Kier molecular flexibility index (Phi) is 19.8. The first-order valence-corrected chi connectivity index (χ1v) is 17.2. The summed E-state index contributed by atoms with van der Waals surface area (Å²) in [5.41, 5.74) is 0.656. The van der Waals surface area contributed by atoms with Crippen molar-refractivity contribution in [3.8, 4) is 0 Å². The van der Waals surface area contributed by atoms with Gasteiger partial charge in [0.15, 0.2) is 0 Å². The minimum Gasteiger partial charge on any atom is -0.653 e. The van der Waals surface area contributed by atoms with Crippen molar-refractivity contribution < 1.29 is 25.8 Å². The van der Waals surface area contributed by atoms with Crippen molar-refractivity contribution in [1.82, 2.24) is 0 Å². The quantitative estimate of drug-likeness (QED) is 0.207. The van der Waals surface area contributed by atoms with Gasteiger partial charge in [-0.2, -0.15) is 17.3 Å². The molecule has 5 heteroatoms. The molecule has 0 aliphatic rings. The number of nitrogens with zero attached hydrogens (tertiary/aromatic N) is 3. The predicted molar refractivity (Wildman–Crippen MR) is 174 cm³/mol. The molecule has 0 saturated carbocycles. The van der Waals surface area contributed by atoms with Gasteiger partial charge in [-0.05, 0) is 0 Å². The first-order valence-electron chi connectivity index (χ1n) is 13.7. The average molecular weight is 700 g/mol. The maximum Gasteiger partial charge on any atom is 4.00 e. The van der Waals surface area contributed by atoms with Gasteiger partial charge in [-0.25, -0.2) is 12.1 Å². The molecule has 0 N–H and O–H groups in total. The molecule has 0 amide bonds. The van der Waals surface area contributed by atoms with Gasteiger partial charge in [-0.3, -0.25) is 0 Å². The second kappa shape index (κ2) is 16.5. The van der Waals surface area contributed by atoms with Crippen LogP contribution in [0.5, 0.6) is 0 Å². The van der Waals surface area contributed by atoms with Crippen LogP contribution in [0.15, 0.2) is 24.3 Å². The van der Waals surface area contributed by atoms with Crippen LogP contribution in [-0.4, -0.2) is 41.3 Å². The van der Waals surface area contributed by atoms with E-state index in [1.54, 1.807) is 5.19 Å². The second-order valence-corrected chi connectivity index (χ2v) is 21.9. The second-order valence-electron chi connectivity index (χ2n) is 16.8. The van der Waals surface area contributed by atoms with Crippen molar-refractivity contribution in [3.63, 3.8) is 0 Å². The Morgan fingerprint density at radius 1 is 0.405 bits per heavy atom. The van der Waals surface area contributed by atoms with Crippen LogP contribution >= 0.6 is 0 Å². The summed E-state index contributed by atoms with van der Waals surface area (Å²) in [5.74, 6) is 0. The summed E-state index contributed by atoms with van der Waals surface area (Å²) < 4.78 is 0. The van der Waals surface area contributed by atoms with Gasteiger partial charge in [0, 0.05) is 8.07 Å². The van der Waals surface area contributed by atoms with E-state index in [0.717, 1.165) is 0 Å². The molecule has 37 heavy (non-hydrogen) atoms. The minimum atomic E-state index is -0.981. The monoisotopic (exact) mass is 701 g/mol. The van der Waals surface area contributed by atoms with Gasteiger partial charge in [0.05, 0.1) is 0 Å². The van der Waals surface area contributed by atoms with E-state index in [4.69, 9.17) is 0 Å². The maximum absolute atomic E-state index is 4.54.